The Morgan fingerprint density at radius 1 is 1.39 bits per heavy atom. The van der Waals surface area contributed by atoms with E-state index in [1.54, 1.807) is 13.8 Å². The number of primary amides is 1. The summed E-state index contributed by atoms with van der Waals surface area (Å²) < 4.78 is 39.7. The number of carbonyl (C=O) groups is 1. The highest BCUT2D eigenvalue weighted by atomic mass is 32.2. The summed E-state index contributed by atoms with van der Waals surface area (Å²) in [4.78, 5) is 14.9. The number of sulfonamides is 1. The summed E-state index contributed by atoms with van der Waals surface area (Å²) in [7, 11) is -3.89. The molecule has 1 aromatic carbocycles. The van der Waals surface area contributed by atoms with Crippen LogP contribution < -0.4 is 5.73 Å². The first-order valence-corrected chi connectivity index (χ1v) is 9.12. The molecule has 124 valence electrons. The highest BCUT2D eigenvalue weighted by Gasteiger charge is 2.31. The van der Waals surface area contributed by atoms with Crippen LogP contribution in [0.15, 0.2) is 34.7 Å². The topological polar surface area (TPSA) is 93.4 Å². The molecule has 0 bridgehead atoms. The first kappa shape index (κ1) is 17.5. The fraction of sp³-hybridized carbons (Fsp3) is 0.286. The van der Waals surface area contributed by atoms with Gasteiger partial charge < -0.3 is 5.73 Å². The number of halogens is 1. The zero-order valence-electron chi connectivity index (χ0n) is 12.6. The fourth-order valence-electron chi connectivity index (χ4n) is 2.17. The van der Waals surface area contributed by atoms with E-state index in [4.69, 9.17) is 5.73 Å². The molecule has 0 saturated carbocycles. The second-order valence-electron chi connectivity index (χ2n) is 4.79. The number of benzene rings is 1. The third-order valence-corrected chi connectivity index (χ3v) is 6.30. The van der Waals surface area contributed by atoms with Crippen LogP contribution >= 0.6 is 11.3 Å². The summed E-state index contributed by atoms with van der Waals surface area (Å²) in [6.45, 7) is 3.60. The van der Waals surface area contributed by atoms with Gasteiger partial charge in [0.1, 0.15) is 5.82 Å². The lowest BCUT2D eigenvalue weighted by atomic mass is 10.1. The SMILES string of the molecule is CCN(C(C)c1ccc(F)cc1)S(=O)(=O)c1csc(C(N)=O)n1. The highest BCUT2D eigenvalue weighted by molar-refractivity contribution is 7.89. The van der Waals surface area contributed by atoms with Crippen molar-refractivity contribution in [2.45, 2.75) is 24.9 Å². The van der Waals surface area contributed by atoms with Gasteiger partial charge in [-0.05, 0) is 24.6 Å². The van der Waals surface area contributed by atoms with Gasteiger partial charge in [0, 0.05) is 18.0 Å². The van der Waals surface area contributed by atoms with Crippen molar-refractivity contribution in [3.63, 3.8) is 0 Å². The molecular formula is C14H16FN3O3S2. The molecule has 0 radical (unpaired) electrons. The van der Waals surface area contributed by atoms with Gasteiger partial charge in [-0.25, -0.2) is 17.8 Å². The van der Waals surface area contributed by atoms with Crippen LogP contribution in [0.5, 0.6) is 0 Å². The summed E-state index contributed by atoms with van der Waals surface area (Å²) >= 11 is 0.881. The van der Waals surface area contributed by atoms with Gasteiger partial charge in [0.25, 0.3) is 15.9 Å². The number of nitrogens with two attached hydrogens (primary N) is 1. The molecular weight excluding hydrogens is 341 g/mol. The van der Waals surface area contributed by atoms with Crippen LogP contribution in [-0.4, -0.2) is 30.2 Å². The Morgan fingerprint density at radius 3 is 2.48 bits per heavy atom. The van der Waals surface area contributed by atoms with Crippen LogP contribution in [0.3, 0.4) is 0 Å². The van der Waals surface area contributed by atoms with Gasteiger partial charge in [-0.1, -0.05) is 19.1 Å². The third-order valence-electron chi connectivity index (χ3n) is 3.36. The van der Waals surface area contributed by atoms with Crippen LogP contribution in [0.25, 0.3) is 0 Å². The van der Waals surface area contributed by atoms with Crippen LogP contribution in [0, 0.1) is 5.82 Å². The monoisotopic (exact) mass is 357 g/mol. The van der Waals surface area contributed by atoms with Crippen LogP contribution in [0.4, 0.5) is 4.39 Å². The number of nitrogens with zero attached hydrogens (tertiary/aromatic N) is 2. The molecule has 1 aromatic heterocycles. The average Bonchev–Trinajstić information content (AvgIpc) is 2.99. The van der Waals surface area contributed by atoms with Crippen molar-refractivity contribution >= 4 is 27.3 Å². The Kier molecular flexibility index (Phi) is 5.12. The highest BCUT2D eigenvalue weighted by Crippen LogP contribution is 2.28. The lowest BCUT2D eigenvalue weighted by molar-refractivity contribution is 0.0999. The molecule has 1 atom stereocenters. The van der Waals surface area contributed by atoms with Crippen molar-refractivity contribution in [3.8, 4) is 0 Å². The van der Waals surface area contributed by atoms with Crippen molar-refractivity contribution in [1.29, 1.82) is 0 Å². The minimum absolute atomic E-state index is 0.0611. The molecule has 0 aliphatic rings. The van der Waals surface area contributed by atoms with Crippen molar-refractivity contribution in [2.24, 2.45) is 5.73 Å². The third kappa shape index (κ3) is 3.57. The van der Waals surface area contributed by atoms with Crippen LogP contribution in [0.2, 0.25) is 0 Å². The smallest absolute Gasteiger partial charge is 0.277 e. The van der Waals surface area contributed by atoms with Crippen molar-refractivity contribution < 1.29 is 17.6 Å². The van der Waals surface area contributed by atoms with E-state index in [9.17, 15) is 17.6 Å². The summed E-state index contributed by atoms with van der Waals surface area (Å²) in [6.07, 6.45) is 0. The van der Waals surface area contributed by atoms with Crippen LogP contribution in [0.1, 0.15) is 35.3 Å². The number of hydrogen-bond acceptors (Lipinski definition) is 5. The van der Waals surface area contributed by atoms with E-state index >= 15 is 0 Å². The van der Waals surface area contributed by atoms with Gasteiger partial charge in [0.15, 0.2) is 10.0 Å². The summed E-state index contributed by atoms with van der Waals surface area (Å²) in [5.74, 6) is -1.16. The van der Waals surface area contributed by atoms with E-state index in [1.165, 1.54) is 34.0 Å². The van der Waals surface area contributed by atoms with Gasteiger partial charge in [-0.2, -0.15) is 4.31 Å². The Bertz CT molecular complexity index is 803. The van der Waals surface area contributed by atoms with Gasteiger partial charge in [0.2, 0.25) is 0 Å². The number of aromatic nitrogens is 1. The predicted molar refractivity (Wildman–Crippen MR) is 85.0 cm³/mol. The summed E-state index contributed by atoms with van der Waals surface area (Å²) in [5.41, 5.74) is 5.76. The average molecular weight is 357 g/mol. The van der Waals surface area contributed by atoms with Crippen molar-refractivity contribution in [1.82, 2.24) is 9.29 Å². The normalized spacial score (nSPS) is 13.2. The fourth-order valence-corrected chi connectivity index (χ4v) is 4.72. The van der Waals surface area contributed by atoms with E-state index in [-0.39, 0.29) is 16.6 Å². The van der Waals surface area contributed by atoms with Crippen molar-refractivity contribution in [2.75, 3.05) is 6.54 Å². The Balaban J connectivity index is 2.37. The molecule has 2 aromatic rings. The van der Waals surface area contributed by atoms with E-state index in [0.29, 0.717) is 5.56 Å². The van der Waals surface area contributed by atoms with Crippen LogP contribution in [-0.2, 0) is 10.0 Å². The Hall–Kier alpha value is -1.84. The molecule has 2 N–H and O–H groups in total. The van der Waals surface area contributed by atoms with E-state index < -0.39 is 27.8 Å². The molecule has 0 saturated heterocycles. The maximum Gasteiger partial charge on any atom is 0.277 e. The lowest BCUT2D eigenvalue weighted by Crippen LogP contribution is -2.33. The van der Waals surface area contributed by atoms with Gasteiger partial charge in [-0.15, -0.1) is 11.3 Å². The zero-order valence-corrected chi connectivity index (χ0v) is 14.2. The second kappa shape index (κ2) is 6.73. The maximum atomic E-state index is 13.0. The quantitative estimate of drug-likeness (QED) is 0.857. The van der Waals surface area contributed by atoms with E-state index in [2.05, 4.69) is 4.98 Å². The van der Waals surface area contributed by atoms with E-state index in [0.717, 1.165) is 11.3 Å². The summed E-state index contributed by atoms with van der Waals surface area (Å²) in [6, 6.07) is 5.12. The Morgan fingerprint density at radius 2 is 2.00 bits per heavy atom. The Labute approximate surface area is 137 Å². The lowest BCUT2D eigenvalue weighted by Gasteiger charge is -2.26. The number of hydrogen-bond donors (Lipinski definition) is 1. The minimum Gasteiger partial charge on any atom is -0.364 e. The molecule has 0 aliphatic carbocycles. The zero-order chi connectivity index (χ0) is 17.2. The number of amides is 1. The standard InChI is InChI=1S/C14H16FN3O3S2/c1-3-18(9(2)10-4-6-11(15)7-5-10)23(20,21)12-8-22-14(17-12)13(16)19/h4-9H,3H2,1-2H3,(H2,16,19). The first-order valence-electron chi connectivity index (χ1n) is 6.80. The number of thiazole rings is 1. The van der Waals surface area contributed by atoms with Crippen molar-refractivity contribution in [3.05, 3.63) is 46.0 Å². The molecule has 6 nitrogen and oxygen atoms in total. The molecule has 1 unspecified atom stereocenters. The first-order chi connectivity index (χ1) is 10.8. The molecule has 1 heterocycles. The summed E-state index contributed by atoms with van der Waals surface area (Å²) in [5, 5.41) is 1.01. The van der Waals surface area contributed by atoms with Gasteiger partial charge in [-0.3, -0.25) is 4.79 Å². The molecule has 0 spiro atoms. The molecule has 0 aliphatic heterocycles. The molecule has 2 rings (SSSR count). The second-order valence-corrected chi connectivity index (χ2v) is 7.49. The predicted octanol–water partition coefficient (Wildman–Crippen LogP) is 2.15. The number of carbonyl (C=O) groups excluding carboxylic acids is 1. The molecule has 9 heteroatoms. The molecule has 1 amide bonds. The maximum absolute atomic E-state index is 13.0. The van der Waals surface area contributed by atoms with Gasteiger partial charge >= 0.3 is 0 Å². The largest absolute Gasteiger partial charge is 0.364 e. The minimum atomic E-state index is -3.89. The van der Waals surface area contributed by atoms with E-state index in [1.807, 2.05) is 0 Å². The molecule has 23 heavy (non-hydrogen) atoms. The number of rotatable bonds is 6. The molecule has 0 fully saturated rings. The van der Waals surface area contributed by atoms with Gasteiger partial charge in [0.05, 0.1) is 0 Å².